The van der Waals surface area contributed by atoms with Gasteiger partial charge < -0.3 is 14.7 Å². The van der Waals surface area contributed by atoms with Crippen LogP contribution in [0.2, 0.25) is 0 Å². The van der Waals surface area contributed by atoms with Gasteiger partial charge >= 0.3 is 6.03 Å². The molecule has 9 nitrogen and oxygen atoms in total. The van der Waals surface area contributed by atoms with Crippen molar-refractivity contribution in [2.24, 2.45) is 5.92 Å². The summed E-state index contributed by atoms with van der Waals surface area (Å²) in [5, 5.41) is 13.4. The van der Waals surface area contributed by atoms with Crippen LogP contribution in [0.1, 0.15) is 25.5 Å². The minimum Gasteiger partial charge on any atom is -0.368 e. The lowest BCUT2D eigenvalue weighted by molar-refractivity contribution is 0.251. The molecule has 30 heavy (non-hydrogen) atoms. The minimum atomic E-state index is -0.487. The Labute approximate surface area is 173 Å². The Kier molecular flexibility index (Phi) is 5.92. The molecule has 1 aliphatic rings. The highest BCUT2D eigenvalue weighted by Gasteiger charge is 2.23. The van der Waals surface area contributed by atoms with Gasteiger partial charge in [0.15, 0.2) is 5.82 Å². The van der Waals surface area contributed by atoms with Crippen LogP contribution in [-0.2, 0) is 6.42 Å². The zero-order valence-corrected chi connectivity index (χ0v) is 16.7. The van der Waals surface area contributed by atoms with Crippen molar-refractivity contribution in [3.8, 4) is 5.82 Å². The molecule has 4 rings (SSSR count). The molecule has 158 valence electrons. The molecule has 1 fully saturated rings. The molecule has 0 saturated carbocycles. The molecule has 0 unspecified atom stereocenters. The van der Waals surface area contributed by atoms with Crippen LogP contribution in [-0.4, -0.2) is 45.6 Å². The fraction of sp³-hybridized carbons (Fsp3) is 0.400. The number of aromatic nitrogens is 4. The zero-order valence-electron chi connectivity index (χ0n) is 16.7. The van der Waals surface area contributed by atoms with E-state index in [9.17, 15) is 9.18 Å². The van der Waals surface area contributed by atoms with Gasteiger partial charge in [0.1, 0.15) is 0 Å². The first-order valence-electron chi connectivity index (χ1n) is 10.0. The molecule has 0 radical (unpaired) electrons. The third-order valence-corrected chi connectivity index (χ3v) is 5.14. The quantitative estimate of drug-likeness (QED) is 0.603. The van der Waals surface area contributed by atoms with Crippen molar-refractivity contribution in [2.45, 2.75) is 26.2 Å². The molecule has 0 atom stereocenters. The Hall–Kier alpha value is -3.43. The van der Waals surface area contributed by atoms with E-state index in [2.05, 4.69) is 25.9 Å². The van der Waals surface area contributed by atoms with E-state index in [1.807, 2.05) is 11.8 Å². The number of rotatable bonds is 6. The molecule has 1 saturated heterocycles. The highest BCUT2D eigenvalue weighted by atomic mass is 19.1. The topological polar surface area (TPSA) is 101 Å². The highest BCUT2D eigenvalue weighted by molar-refractivity contribution is 5.87. The molecule has 0 aliphatic carbocycles. The van der Waals surface area contributed by atoms with Gasteiger partial charge in [-0.15, -0.1) is 0 Å². The molecule has 1 aliphatic heterocycles. The van der Waals surface area contributed by atoms with Crippen molar-refractivity contribution in [3.63, 3.8) is 0 Å². The van der Waals surface area contributed by atoms with Gasteiger partial charge in [-0.1, -0.05) is 5.16 Å². The molecule has 3 aromatic rings. The van der Waals surface area contributed by atoms with E-state index in [1.54, 1.807) is 36.7 Å². The van der Waals surface area contributed by atoms with Gasteiger partial charge in [0.05, 0.1) is 11.4 Å². The van der Waals surface area contributed by atoms with E-state index in [0.717, 1.165) is 38.0 Å². The number of pyridine rings is 1. The van der Waals surface area contributed by atoms with Crippen molar-refractivity contribution in [3.05, 3.63) is 48.3 Å². The zero-order chi connectivity index (χ0) is 20.9. The van der Waals surface area contributed by atoms with Crippen LogP contribution in [0, 0.1) is 11.9 Å². The van der Waals surface area contributed by atoms with Gasteiger partial charge in [0.2, 0.25) is 11.8 Å². The molecular formula is C20H24FN7O2. The Bertz CT molecular complexity index is 981. The average molecular weight is 413 g/mol. The summed E-state index contributed by atoms with van der Waals surface area (Å²) >= 11 is 0. The van der Waals surface area contributed by atoms with Crippen molar-refractivity contribution >= 4 is 17.6 Å². The van der Waals surface area contributed by atoms with Crippen molar-refractivity contribution in [1.29, 1.82) is 0 Å². The largest absolute Gasteiger partial charge is 0.368 e. The van der Waals surface area contributed by atoms with Crippen molar-refractivity contribution in [2.75, 3.05) is 29.9 Å². The van der Waals surface area contributed by atoms with Gasteiger partial charge in [0.25, 0.3) is 0 Å². The fourth-order valence-electron chi connectivity index (χ4n) is 3.64. The molecule has 0 aromatic carbocycles. The Morgan fingerprint density at radius 2 is 2.17 bits per heavy atom. The van der Waals surface area contributed by atoms with E-state index < -0.39 is 5.95 Å². The Balaban J connectivity index is 1.31. The van der Waals surface area contributed by atoms with Gasteiger partial charge in [-0.2, -0.15) is 14.5 Å². The number of anilines is 2. The number of carbonyl (C=O) groups is 1. The number of hydrogen-bond acceptors (Lipinski definition) is 6. The standard InChI is InChI=1S/C20H24FN7O2/c1-2-22-20(29)25-18-13-15(26-30-18)12-14-6-10-27(11-7-14)16-4-5-17(24-19(16)21)28-9-3-8-23-28/h3-5,8-9,13-14H,2,6-7,10-12H2,1H3,(H2,22,25,29). The predicted octanol–water partition coefficient (Wildman–Crippen LogP) is 2.99. The van der Waals surface area contributed by atoms with Crippen LogP contribution in [0.4, 0.5) is 20.8 Å². The van der Waals surface area contributed by atoms with Crippen LogP contribution in [0.15, 0.2) is 41.2 Å². The van der Waals surface area contributed by atoms with Gasteiger partial charge in [-0.3, -0.25) is 5.32 Å². The lowest BCUT2D eigenvalue weighted by Crippen LogP contribution is -2.35. The molecular weight excluding hydrogens is 389 g/mol. The summed E-state index contributed by atoms with van der Waals surface area (Å²) in [6, 6.07) is 6.74. The fourth-order valence-corrected chi connectivity index (χ4v) is 3.64. The number of nitrogens with one attached hydrogen (secondary N) is 2. The van der Waals surface area contributed by atoms with Gasteiger partial charge in [-0.25, -0.2) is 9.48 Å². The summed E-state index contributed by atoms with van der Waals surface area (Å²) in [7, 11) is 0. The summed E-state index contributed by atoms with van der Waals surface area (Å²) in [6.45, 7) is 3.86. The van der Waals surface area contributed by atoms with Crippen LogP contribution in [0.5, 0.6) is 0 Å². The molecule has 4 heterocycles. The Morgan fingerprint density at radius 3 is 2.87 bits per heavy atom. The first-order valence-corrected chi connectivity index (χ1v) is 10.0. The average Bonchev–Trinajstić information content (AvgIpc) is 3.41. The summed E-state index contributed by atoms with van der Waals surface area (Å²) in [5.41, 5.74) is 1.32. The number of urea groups is 1. The summed E-state index contributed by atoms with van der Waals surface area (Å²) in [6.07, 6.45) is 5.94. The monoisotopic (exact) mass is 413 g/mol. The third kappa shape index (κ3) is 4.58. The lowest BCUT2D eigenvalue weighted by Gasteiger charge is -2.33. The molecule has 3 aromatic heterocycles. The summed E-state index contributed by atoms with van der Waals surface area (Å²) < 4.78 is 21.3. The third-order valence-electron chi connectivity index (χ3n) is 5.14. The molecule has 10 heteroatoms. The van der Waals surface area contributed by atoms with E-state index >= 15 is 0 Å². The maximum Gasteiger partial charge on any atom is 0.321 e. The first kappa shape index (κ1) is 19.9. The number of hydrogen-bond donors (Lipinski definition) is 2. The number of nitrogens with zero attached hydrogens (tertiary/aromatic N) is 5. The SMILES string of the molecule is CCNC(=O)Nc1cc(CC2CCN(c3ccc(-n4cccn4)nc3F)CC2)no1. The molecule has 2 amide bonds. The van der Waals surface area contributed by atoms with Gasteiger partial charge in [0, 0.05) is 38.1 Å². The molecule has 0 bridgehead atoms. The summed E-state index contributed by atoms with van der Waals surface area (Å²) in [4.78, 5) is 17.6. The molecule has 2 N–H and O–H groups in total. The van der Waals surface area contributed by atoms with Crippen LogP contribution < -0.4 is 15.5 Å². The first-order chi connectivity index (χ1) is 14.6. The maximum absolute atomic E-state index is 14.6. The highest BCUT2D eigenvalue weighted by Crippen LogP contribution is 2.27. The van der Waals surface area contributed by atoms with E-state index in [0.29, 0.717) is 29.9 Å². The van der Waals surface area contributed by atoms with Crippen LogP contribution in [0.3, 0.4) is 0 Å². The van der Waals surface area contributed by atoms with E-state index in [-0.39, 0.29) is 6.03 Å². The smallest absolute Gasteiger partial charge is 0.321 e. The number of carbonyl (C=O) groups excluding carboxylic acids is 1. The Morgan fingerprint density at radius 1 is 1.33 bits per heavy atom. The van der Waals surface area contributed by atoms with Crippen LogP contribution >= 0.6 is 0 Å². The van der Waals surface area contributed by atoms with Crippen molar-refractivity contribution < 1.29 is 13.7 Å². The number of halogens is 1. The normalized spacial score (nSPS) is 14.7. The lowest BCUT2D eigenvalue weighted by atomic mass is 9.92. The number of piperidine rings is 1. The van der Waals surface area contributed by atoms with E-state index in [4.69, 9.17) is 4.52 Å². The van der Waals surface area contributed by atoms with Crippen molar-refractivity contribution in [1.82, 2.24) is 25.2 Å². The maximum atomic E-state index is 14.6. The van der Waals surface area contributed by atoms with Gasteiger partial charge in [-0.05, 0) is 50.3 Å². The minimum absolute atomic E-state index is 0.317. The predicted molar refractivity (Wildman–Crippen MR) is 109 cm³/mol. The second-order valence-corrected chi connectivity index (χ2v) is 7.23. The second-order valence-electron chi connectivity index (χ2n) is 7.23. The molecule has 0 spiro atoms. The second kappa shape index (κ2) is 8.93. The van der Waals surface area contributed by atoms with E-state index in [1.165, 1.54) is 4.68 Å². The summed E-state index contributed by atoms with van der Waals surface area (Å²) in [5.74, 6) is 0.722. The number of amides is 2. The van der Waals surface area contributed by atoms with Crippen LogP contribution in [0.25, 0.3) is 5.82 Å².